The van der Waals surface area contributed by atoms with E-state index >= 15 is 0 Å². The Morgan fingerprint density at radius 3 is 2.62 bits per heavy atom. The fourth-order valence-electron chi connectivity index (χ4n) is 1.67. The van der Waals surface area contributed by atoms with Crippen molar-refractivity contribution < 1.29 is 9.90 Å². The zero-order chi connectivity index (χ0) is 10.7. The van der Waals surface area contributed by atoms with Gasteiger partial charge in [-0.3, -0.25) is 4.79 Å². The molecule has 0 aromatic heterocycles. The van der Waals surface area contributed by atoms with Crippen molar-refractivity contribution in [1.29, 1.82) is 0 Å². The molecular weight excluding hydrogens is 228 g/mol. The van der Waals surface area contributed by atoms with Gasteiger partial charge < -0.3 is 15.7 Å². The van der Waals surface area contributed by atoms with E-state index in [0.29, 0.717) is 13.0 Å². The molecule has 2 atom stereocenters. The number of carbonyl (C=O) groups excluding carboxylic acids is 1. The fraction of sp³-hybridized carbons (Fsp3) is 0.364. The van der Waals surface area contributed by atoms with Gasteiger partial charge in [-0.05, 0) is 18.6 Å². The monoisotopic (exact) mass is 242 g/mol. The van der Waals surface area contributed by atoms with Crippen molar-refractivity contribution in [2.45, 2.75) is 18.6 Å². The minimum atomic E-state index is -0.406. The van der Waals surface area contributed by atoms with Crippen LogP contribution in [-0.4, -0.2) is 29.7 Å². The smallest absolute Gasteiger partial charge is 0.241 e. The molecule has 0 aliphatic carbocycles. The highest BCUT2D eigenvalue weighted by molar-refractivity contribution is 5.95. The topological polar surface area (TPSA) is 61.4 Å². The van der Waals surface area contributed by atoms with Crippen LogP contribution < -0.4 is 10.6 Å². The summed E-state index contributed by atoms with van der Waals surface area (Å²) in [5.74, 6) is -0.0854. The number of nitrogens with one attached hydrogen (secondary N) is 2. The van der Waals surface area contributed by atoms with E-state index in [4.69, 9.17) is 0 Å². The second kappa shape index (κ2) is 5.84. The van der Waals surface area contributed by atoms with E-state index in [-0.39, 0.29) is 24.4 Å². The van der Waals surface area contributed by atoms with Crippen LogP contribution in [0.4, 0.5) is 5.69 Å². The molecule has 0 saturated carbocycles. The highest BCUT2D eigenvalue weighted by atomic mass is 35.5. The highest BCUT2D eigenvalue weighted by Gasteiger charge is 2.27. The van der Waals surface area contributed by atoms with Gasteiger partial charge in [-0.2, -0.15) is 0 Å². The van der Waals surface area contributed by atoms with E-state index in [2.05, 4.69) is 10.6 Å². The molecule has 2 rings (SSSR count). The first kappa shape index (κ1) is 13.0. The Morgan fingerprint density at radius 2 is 2.06 bits per heavy atom. The Kier molecular flexibility index (Phi) is 4.73. The Labute approximate surface area is 100 Å². The predicted molar refractivity (Wildman–Crippen MR) is 64.7 cm³/mol. The van der Waals surface area contributed by atoms with Gasteiger partial charge in [-0.1, -0.05) is 18.2 Å². The molecule has 1 aliphatic rings. The van der Waals surface area contributed by atoms with Crippen LogP contribution in [0.1, 0.15) is 6.42 Å². The Balaban J connectivity index is 0.00000128. The lowest BCUT2D eigenvalue weighted by Gasteiger charge is -2.10. The van der Waals surface area contributed by atoms with Crippen molar-refractivity contribution >= 4 is 24.0 Å². The molecule has 1 aromatic rings. The molecule has 1 fully saturated rings. The molecular formula is C11H15ClN2O2. The maximum Gasteiger partial charge on any atom is 0.241 e. The van der Waals surface area contributed by atoms with Gasteiger partial charge in [0.05, 0.1) is 12.1 Å². The number of hydrogen-bond donors (Lipinski definition) is 3. The van der Waals surface area contributed by atoms with E-state index < -0.39 is 6.10 Å². The Hall–Kier alpha value is -1.10. The van der Waals surface area contributed by atoms with E-state index in [9.17, 15) is 9.90 Å². The van der Waals surface area contributed by atoms with Crippen LogP contribution in [0, 0.1) is 0 Å². The molecule has 1 saturated heterocycles. The van der Waals surface area contributed by atoms with Crippen LogP contribution >= 0.6 is 12.4 Å². The van der Waals surface area contributed by atoms with E-state index in [1.54, 1.807) is 0 Å². The number of halogens is 1. The SMILES string of the molecule is Cl.O=C(Nc1ccccc1)[C@H]1C[C@H](O)CN1. The maximum absolute atomic E-state index is 11.7. The van der Waals surface area contributed by atoms with Crippen molar-refractivity contribution in [3.8, 4) is 0 Å². The second-order valence-corrected chi connectivity index (χ2v) is 3.71. The highest BCUT2D eigenvalue weighted by Crippen LogP contribution is 2.10. The first-order valence-corrected chi connectivity index (χ1v) is 5.03. The first-order chi connectivity index (χ1) is 7.25. The number of β-amino-alcohol motifs (C(OH)–C–C–N with tert-alkyl or cyclic N) is 1. The summed E-state index contributed by atoms with van der Waals surface area (Å²) < 4.78 is 0. The van der Waals surface area contributed by atoms with Crippen LogP contribution in [0.15, 0.2) is 30.3 Å². The maximum atomic E-state index is 11.7. The number of rotatable bonds is 2. The number of aliphatic hydroxyl groups is 1. The third-order valence-corrected chi connectivity index (χ3v) is 2.47. The van der Waals surface area contributed by atoms with Crippen molar-refractivity contribution in [1.82, 2.24) is 5.32 Å². The molecule has 1 aromatic carbocycles. The summed E-state index contributed by atoms with van der Waals surface area (Å²) in [5, 5.41) is 15.0. The normalized spacial score (nSPS) is 23.6. The number of anilines is 1. The van der Waals surface area contributed by atoms with Gasteiger partial charge >= 0.3 is 0 Å². The Bertz CT molecular complexity index is 345. The molecule has 0 unspecified atom stereocenters. The van der Waals surface area contributed by atoms with Gasteiger partial charge in [0.25, 0.3) is 0 Å². The van der Waals surface area contributed by atoms with Crippen LogP contribution in [0.25, 0.3) is 0 Å². The minimum absolute atomic E-state index is 0. The van der Waals surface area contributed by atoms with Gasteiger partial charge in [-0.15, -0.1) is 12.4 Å². The average Bonchev–Trinajstić information content (AvgIpc) is 2.66. The molecule has 0 bridgehead atoms. The quantitative estimate of drug-likeness (QED) is 0.718. The zero-order valence-electron chi connectivity index (χ0n) is 8.72. The number of carbonyl (C=O) groups is 1. The molecule has 88 valence electrons. The van der Waals surface area contributed by atoms with Crippen LogP contribution in [-0.2, 0) is 4.79 Å². The number of hydrogen-bond acceptors (Lipinski definition) is 3. The molecule has 5 heteroatoms. The van der Waals surface area contributed by atoms with Crippen molar-refractivity contribution in [2.75, 3.05) is 11.9 Å². The van der Waals surface area contributed by atoms with Crippen molar-refractivity contribution in [3.05, 3.63) is 30.3 Å². The zero-order valence-corrected chi connectivity index (χ0v) is 9.54. The van der Waals surface area contributed by atoms with Gasteiger partial charge in [-0.25, -0.2) is 0 Å². The van der Waals surface area contributed by atoms with Gasteiger partial charge in [0.1, 0.15) is 0 Å². The number of benzene rings is 1. The van der Waals surface area contributed by atoms with Crippen molar-refractivity contribution in [3.63, 3.8) is 0 Å². The van der Waals surface area contributed by atoms with Crippen LogP contribution in [0.2, 0.25) is 0 Å². The summed E-state index contributed by atoms with van der Waals surface area (Å²) in [6.07, 6.45) is 0.0788. The Morgan fingerprint density at radius 1 is 1.38 bits per heavy atom. The predicted octanol–water partition coefficient (Wildman–Crippen LogP) is 0.770. The van der Waals surface area contributed by atoms with E-state index in [1.807, 2.05) is 30.3 Å². The number of amides is 1. The molecule has 4 nitrogen and oxygen atoms in total. The van der Waals surface area contributed by atoms with E-state index in [0.717, 1.165) is 5.69 Å². The lowest BCUT2D eigenvalue weighted by atomic mass is 10.2. The summed E-state index contributed by atoms with van der Waals surface area (Å²) in [6, 6.07) is 9.03. The van der Waals surface area contributed by atoms with E-state index in [1.165, 1.54) is 0 Å². The summed E-state index contributed by atoms with van der Waals surface area (Å²) >= 11 is 0. The largest absolute Gasteiger partial charge is 0.392 e. The molecule has 1 aliphatic heterocycles. The average molecular weight is 243 g/mol. The first-order valence-electron chi connectivity index (χ1n) is 5.03. The molecule has 0 radical (unpaired) electrons. The van der Waals surface area contributed by atoms with Crippen molar-refractivity contribution in [2.24, 2.45) is 0 Å². The lowest BCUT2D eigenvalue weighted by molar-refractivity contribution is -0.117. The van der Waals surface area contributed by atoms with Crippen LogP contribution in [0.5, 0.6) is 0 Å². The summed E-state index contributed by atoms with van der Waals surface area (Å²) in [4.78, 5) is 11.7. The molecule has 1 heterocycles. The van der Waals surface area contributed by atoms with Gasteiger partial charge in [0.15, 0.2) is 0 Å². The van der Waals surface area contributed by atoms with Gasteiger partial charge in [0.2, 0.25) is 5.91 Å². The number of aliphatic hydroxyl groups excluding tert-OH is 1. The standard InChI is InChI=1S/C11H14N2O2.ClH/c14-9-6-10(12-7-9)11(15)13-8-4-2-1-3-5-8;/h1-5,9-10,12,14H,6-7H2,(H,13,15);1H/t9-,10+;/m0./s1. The molecule has 3 N–H and O–H groups in total. The third kappa shape index (κ3) is 3.20. The molecule has 1 amide bonds. The van der Waals surface area contributed by atoms with Gasteiger partial charge in [0, 0.05) is 12.2 Å². The van der Waals surface area contributed by atoms with Crippen LogP contribution in [0.3, 0.4) is 0 Å². The lowest BCUT2D eigenvalue weighted by Crippen LogP contribution is -2.35. The summed E-state index contributed by atoms with van der Waals surface area (Å²) in [7, 11) is 0. The fourth-order valence-corrected chi connectivity index (χ4v) is 1.67. The second-order valence-electron chi connectivity index (χ2n) is 3.71. The third-order valence-electron chi connectivity index (χ3n) is 2.47. The minimum Gasteiger partial charge on any atom is -0.392 e. The molecule has 16 heavy (non-hydrogen) atoms. The number of para-hydroxylation sites is 1. The molecule has 0 spiro atoms. The summed E-state index contributed by atoms with van der Waals surface area (Å²) in [6.45, 7) is 0.493. The summed E-state index contributed by atoms with van der Waals surface area (Å²) in [5.41, 5.74) is 0.783.